The Morgan fingerprint density at radius 1 is 1.14 bits per heavy atom. The Hall–Kier alpha value is -3.03. The quantitative estimate of drug-likeness (QED) is 0.491. The van der Waals surface area contributed by atoms with Gasteiger partial charge in [0.15, 0.2) is 0 Å². The maximum atomic E-state index is 12.8. The molecule has 0 saturated heterocycles. The summed E-state index contributed by atoms with van der Waals surface area (Å²) < 4.78 is 7.05. The summed E-state index contributed by atoms with van der Waals surface area (Å²) in [5, 5.41) is 4.79. The molecule has 0 fully saturated rings. The van der Waals surface area contributed by atoms with Crippen molar-refractivity contribution in [2.75, 3.05) is 6.61 Å². The topological polar surface area (TPSA) is 73.6 Å². The van der Waals surface area contributed by atoms with Crippen LogP contribution in [0.15, 0.2) is 58.1 Å². The van der Waals surface area contributed by atoms with E-state index < -0.39 is 5.56 Å². The minimum atomic E-state index is -0.459. The van der Waals surface area contributed by atoms with E-state index in [0.717, 1.165) is 28.2 Å². The van der Waals surface area contributed by atoms with Crippen molar-refractivity contribution < 1.29 is 4.74 Å². The minimum absolute atomic E-state index is 0.179. The van der Waals surface area contributed by atoms with E-state index in [2.05, 4.69) is 10.1 Å². The van der Waals surface area contributed by atoms with E-state index in [9.17, 15) is 9.59 Å². The maximum Gasteiger partial charge on any atom is 0.296 e. The average molecular weight is 426 g/mol. The van der Waals surface area contributed by atoms with Crippen LogP contribution in [-0.2, 0) is 6.42 Å². The van der Waals surface area contributed by atoms with Crippen molar-refractivity contribution in [2.24, 2.45) is 0 Å². The van der Waals surface area contributed by atoms with Crippen LogP contribution < -0.4 is 20.4 Å². The van der Waals surface area contributed by atoms with E-state index in [1.54, 1.807) is 12.1 Å². The molecule has 0 unspecified atom stereocenters. The number of rotatable bonds is 5. The molecule has 4 rings (SSSR count). The van der Waals surface area contributed by atoms with Gasteiger partial charge in [0.05, 0.1) is 11.1 Å². The van der Waals surface area contributed by atoms with Gasteiger partial charge < -0.3 is 4.74 Å². The second kappa shape index (κ2) is 8.14. The summed E-state index contributed by atoms with van der Waals surface area (Å²) in [6.45, 7) is 2.51. The third-order valence-electron chi connectivity index (χ3n) is 4.25. The van der Waals surface area contributed by atoms with Crippen LogP contribution in [0.1, 0.15) is 23.7 Å². The molecule has 6 nitrogen and oxygen atoms in total. The van der Waals surface area contributed by atoms with Crippen molar-refractivity contribution >= 4 is 34.0 Å². The Balaban J connectivity index is 1.75. The molecule has 2 heterocycles. The predicted molar refractivity (Wildman–Crippen MR) is 114 cm³/mol. The fourth-order valence-corrected chi connectivity index (χ4v) is 3.96. The number of halogens is 1. The van der Waals surface area contributed by atoms with E-state index in [1.807, 2.05) is 49.4 Å². The van der Waals surface area contributed by atoms with Crippen LogP contribution in [0.4, 0.5) is 0 Å². The molecule has 8 heteroatoms. The third-order valence-corrected chi connectivity index (χ3v) is 5.58. The molecule has 0 atom stereocenters. The lowest BCUT2D eigenvalue weighted by atomic mass is 10.1. The van der Waals surface area contributed by atoms with Crippen molar-refractivity contribution in [3.05, 3.63) is 95.6 Å². The zero-order valence-electron chi connectivity index (χ0n) is 15.5. The molecule has 0 amide bonds. The van der Waals surface area contributed by atoms with Gasteiger partial charge in [0.1, 0.15) is 11.4 Å². The molecule has 0 aliphatic carbocycles. The SMILES string of the molecule is CCOc1ccc(/C=c2\sc3nc(=O)c(Cc4ccccc4Cl)nn3c2=O)cc1. The van der Waals surface area contributed by atoms with Crippen molar-refractivity contribution in [3.63, 3.8) is 0 Å². The van der Waals surface area contributed by atoms with Gasteiger partial charge in [-0.05, 0) is 42.3 Å². The molecule has 0 aliphatic heterocycles. The summed E-state index contributed by atoms with van der Waals surface area (Å²) in [6.07, 6.45) is 1.96. The summed E-state index contributed by atoms with van der Waals surface area (Å²) in [5.74, 6) is 0.765. The summed E-state index contributed by atoms with van der Waals surface area (Å²) in [6, 6.07) is 14.6. The molecule has 0 radical (unpaired) electrons. The molecule has 0 N–H and O–H groups in total. The molecule has 0 saturated carbocycles. The second-order valence-corrected chi connectivity index (χ2v) is 7.66. The molecule has 29 heavy (non-hydrogen) atoms. The first-order chi connectivity index (χ1) is 14.0. The highest BCUT2D eigenvalue weighted by Gasteiger charge is 2.12. The van der Waals surface area contributed by atoms with Crippen LogP contribution in [0.25, 0.3) is 11.0 Å². The van der Waals surface area contributed by atoms with Crippen molar-refractivity contribution in [1.82, 2.24) is 14.6 Å². The fraction of sp³-hybridized carbons (Fsp3) is 0.143. The van der Waals surface area contributed by atoms with E-state index >= 15 is 0 Å². The van der Waals surface area contributed by atoms with Gasteiger partial charge in [-0.25, -0.2) is 0 Å². The average Bonchev–Trinajstić information content (AvgIpc) is 3.00. The van der Waals surface area contributed by atoms with Crippen LogP contribution in [0, 0.1) is 0 Å². The smallest absolute Gasteiger partial charge is 0.296 e. The molecule has 0 bridgehead atoms. The predicted octanol–water partition coefficient (Wildman–Crippen LogP) is 2.70. The van der Waals surface area contributed by atoms with Gasteiger partial charge in [-0.1, -0.05) is 53.3 Å². The first-order valence-corrected chi connectivity index (χ1v) is 10.2. The van der Waals surface area contributed by atoms with E-state index in [1.165, 1.54) is 4.52 Å². The summed E-state index contributed by atoms with van der Waals surface area (Å²) in [7, 11) is 0. The Labute approximate surface area is 174 Å². The van der Waals surface area contributed by atoms with Gasteiger partial charge in [0, 0.05) is 11.4 Å². The van der Waals surface area contributed by atoms with Crippen LogP contribution in [-0.4, -0.2) is 21.2 Å². The standard InChI is InChI=1S/C21H16ClN3O3S/c1-2-28-15-9-7-13(8-10-15)11-18-20(27)25-21(29-18)23-19(26)17(24-25)12-14-5-3-4-6-16(14)22/h3-11H,2,12H2,1H3/b18-11-. The normalized spacial score (nSPS) is 11.9. The number of benzene rings is 2. The lowest BCUT2D eigenvalue weighted by Gasteiger charge is -2.02. The van der Waals surface area contributed by atoms with Gasteiger partial charge in [0.2, 0.25) is 4.96 Å². The molecule has 2 aromatic carbocycles. The van der Waals surface area contributed by atoms with Crippen LogP contribution in [0.3, 0.4) is 0 Å². The molecule has 0 aliphatic rings. The lowest BCUT2D eigenvalue weighted by Crippen LogP contribution is -2.28. The monoisotopic (exact) mass is 425 g/mol. The zero-order chi connectivity index (χ0) is 20.4. The number of hydrogen-bond acceptors (Lipinski definition) is 6. The second-order valence-electron chi connectivity index (χ2n) is 6.24. The first kappa shape index (κ1) is 19.3. The van der Waals surface area contributed by atoms with Gasteiger partial charge in [-0.15, -0.1) is 0 Å². The number of aromatic nitrogens is 3. The van der Waals surface area contributed by atoms with Crippen LogP contribution >= 0.6 is 22.9 Å². The van der Waals surface area contributed by atoms with Gasteiger partial charge in [-0.3, -0.25) is 9.59 Å². The van der Waals surface area contributed by atoms with Crippen molar-refractivity contribution in [2.45, 2.75) is 13.3 Å². The van der Waals surface area contributed by atoms with Gasteiger partial charge >= 0.3 is 0 Å². The highest BCUT2D eigenvalue weighted by molar-refractivity contribution is 7.15. The highest BCUT2D eigenvalue weighted by Crippen LogP contribution is 2.17. The minimum Gasteiger partial charge on any atom is -0.494 e. The number of ether oxygens (including phenoxy) is 1. The summed E-state index contributed by atoms with van der Waals surface area (Å²) in [5.41, 5.74) is 1.00. The van der Waals surface area contributed by atoms with Gasteiger partial charge in [0.25, 0.3) is 11.1 Å². The molecule has 4 aromatic rings. The fourth-order valence-electron chi connectivity index (χ4n) is 2.85. The van der Waals surface area contributed by atoms with Gasteiger partial charge in [-0.2, -0.15) is 14.6 Å². The molecular weight excluding hydrogens is 410 g/mol. The van der Waals surface area contributed by atoms with Crippen LogP contribution in [0.2, 0.25) is 5.02 Å². The number of thiazole rings is 1. The highest BCUT2D eigenvalue weighted by atomic mass is 35.5. The van der Waals surface area contributed by atoms with Crippen LogP contribution in [0.5, 0.6) is 5.75 Å². The van der Waals surface area contributed by atoms with E-state index in [4.69, 9.17) is 16.3 Å². The Morgan fingerprint density at radius 3 is 2.62 bits per heavy atom. The number of hydrogen-bond donors (Lipinski definition) is 0. The largest absolute Gasteiger partial charge is 0.494 e. The summed E-state index contributed by atoms with van der Waals surface area (Å²) in [4.78, 5) is 29.5. The Bertz CT molecular complexity index is 1350. The molecule has 0 spiro atoms. The van der Waals surface area contributed by atoms with Crippen molar-refractivity contribution in [1.29, 1.82) is 0 Å². The molecule has 146 valence electrons. The zero-order valence-corrected chi connectivity index (χ0v) is 17.0. The maximum absolute atomic E-state index is 12.8. The van der Waals surface area contributed by atoms with E-state index in [0.29, 0.717) is 16.2 Å². The van der Waals surface area contributed by atoms with Crippen molar-refractivity contribution in [3.8, 4) is 5.75 Å². The first-order valence-electron chi connectivity index (χ1n) is 8.96. The number of fused-ring (bicyclic) bond motifs is 1. The summed E-state index contributed by atoms with van der Waals surface area (Å²) >= 11 is 7.30. The lowest BCUT2D eigenvalue weighted by molar-refractivity contribution is 0.340. The Kier molecular flexibility index (Phi) is 5.42. The third kappa shape index (κ3) is 4.06. The van der Waals surface area contributed by atoms with E-state index in [-0.39, 0.29) is 22.6 Å². The number of nitrogens with zero attached hydrogens (tertiary/aromatic N) is 3. The Morgan fingerprint density at radius 2 is 1.90 bits per heavy atom. The molecular formula is C21H16ClN3O3S. The molecule has 2 aromatic heterocycles.